The van der Waals surface area contributed by atoms with E-state index in [1.54, 1.807) is 24.3 Å². The summed E-state index contributed by atoms with van der Waals surface area (Å²) in [4.78, 5) is 16.5. The maximum absolute atomic E-state index is 12.6. The summed E-state index contributed by atoms with van der Waals surface area (Å²) in [5.41, 5.74) is 2.11. The van der Waals surface area contributed by atoms with Gasteiger partial charge in [0, 0.05) is 16.7 Å². The summed E-state index contributed by atoms with van der Waals surface area (Å²) >= 11 is 6.06. The first-order valence-electron chi connectivity index (χ1n) is 7.69. The number of benzene rings is 2. The fourth-order valence-electron chi connectivity index (χ4n) is 2.45. The van der Waals surface area contributed by atoms with Crippen LogP contribution in [0.1, 0.15) is 10.5 Å². The van der Waals surface area contributed by atoms with E-state index >= 15 is 0 Å². The van der Waals surface area contributed by atoms with Crippen LogP contribution in [0.4, 0.5) is 5.69 Å². The SMILES string of the molecule is O=C(Nc1cc(Cl)ccc1-n1cncn1)c1cc(-c2ccccc2)on1. The van der Waals surface area contributed by atoms with Crippen LogP contribution in [0.15, 0.2) is 71.8 Å². The number of hydrogen-bond acceptors (Lipinski definition) is 5. The van der Waals surface area contributed by atoms with E-state index in [9.17, 15) is 4.79 Å². The summed E-state index contributed by atoms with van der Waals surface area (Å²) in [6, 6.07) is 16.1. The van der Waals surface area contributed by atoms with Gasteiger partial charge in [0.2, 0.25) is 0 Å². The lowest BCUT2D eigenvalue weighted by Crippen LogP contribution is -2.14. The van der Waals surface area contributed by atoms with Gasteiger partial charge in [-0.05, 0) is 18.2 Å². The van der Waals surface area contributed by atoms with Gasteiger partial charge in [-0.1, -0.05) is 47.1 Å². The molecule has 0 spiro atoms. The highest BCUT2D eigenvalue weighted by Crippen LogP contribution is 2.25. The smallest absolute Gasteiger partial charge is 0.277 e. The highest BCUT2D eigenvalue weighted by molar-refractivity contribution is 6.31. The zero-order valence-electron chi connectivity index (χ0n) is 13.3. The molecule has 2 aromatic heterocycles. The molecular formula is C18H12ClN5O2. The number of carbonyl (C=O) groups excluding carboxylic acids is 1. The van der Waals surface area contributed by atoms with Gasteiger partial charge in [-0.2, -0.15) is 5.10 Å². The number of carbonyl (C=O) groups is 1. The fourth-order valence-corrected chi connectivity index (χ4v) is 2.62. The second kappa shape index (κ2) is 6.81. The minimum atomic E-state index is -0.417. The first-order chi connectivity index (χ1) is 12.7. The average Bonchev–Trinajstić information content (AvgIpc) is 3.35. The molecule has 8 heteroatoms. The minimum Gasteiger partial charge on any atom is -0.355 e. The van der Waals surface area contributed by atoms with Gasteiger partial charge in [0.1, 0.15) is 12.7 Å². The number of halogens is 1. The van der Waals surface area contributed by atoms with E-state index in [-0.39, 0.29) is 5.69 Å². The minimum absolute atomic E-state index is 0.161. The monoisotopic (exact) mass is 365 g/mol. The number of nitrogens with one attached hydrogen (secondary N) is 1. The van der Waals surface area contributed by atoms with Gasteiger partial charge in [0.25, 0.3) is 5.91 Å². The van der Waals surface area contributed by atoms with Crippen molar-refractivity contribution >= 4 is 23.2 Å². The van der Waals surface area contributed by atoms with Crippen LogP contribution in [-0.2, 0) is 0 Å². The second-order valence-corrected chi connectivity index (χ2v) is 5.83. The predicted molar refractivity (Wildman–Crippen MR) is 96.3 cm³/mol. The fraction of sp³-hybridized carbons (Fsp3) is 0. The number of aromatic nitrogens is 4. The molecule has 0 aliphatic heterocycles. The average molecular weight is 366 g/mol. The van der Waals surface area contributed by atoms with E-state index in [1.807, 2.05) is 30.3 Å². The Balaban J connectivity index is 1.61. The number of nitrogens with zero attached hydrogens (tertiary/aromatic N) is 4. The van der Waals surface area contributed by atoms with Crippen LogP contribution in [0.2, 0.25) is 5.02 Å². The van der Waals surface area contributed by atoms with Gasteiger partial charge in [-0.25, -0.2) is 9.67 Å². The maximum atomic E-state index is 12.6. The van der Waals surface area contributed by atoms with Gasteiger partial charge in [-0.15, -0.1) is 0 Å². The molecule has 0 bridgehead atoms. The van der Waals surface area contributed by atoms with Gasteiger partial charge in [0.15, 0.2) is 11.5 Å². The van der Waals surface area contributed by atoms with Crippen molar-refractivity contribution in [2.45, 2.75) is 0 Å². The molecule has 0 unspecified atom stereocenters. The molecule has 0 fully saturated rings. The van der Waals surface area contributed by atoms with Crippen molar-refractivity contribution in [1.82, 2.24) is 19.9 Å². The van der Waals surface area contributed by atoms with Crippen molar-refractivity contribution in [3.8, 4) is 17.0 Å². The molecule has 0 radical (unpaired) electrons. The summed E-state index contributed by atoms with van der Waals surface area (Å²) in [5.74, 6) is 0.0953. The van der Waals surface area contributed by atoms with Crippen LogP contribution in [0.5, 0.6) is 0 Å². The third kappa shape index (κ3) is 3.20. The Hall–Kier alpha value is -3.45. The lowest BCUT2D eigenvalue weighted by molar-refractivity contribution is 0.101. The lowest BCUT2D eigenvalue weighted by atomic mass is 10.1. The number of rotatable bonds is 4. The van der Waals surface area contributed by atoms with Crippen molar-refractivity contribution in [2.75, 3.05) is 5.32 Å². The Morgan fingerprint density at radius 2 is 1.96 bits per heavy atom. The Kier molecular flexibility index (Phi) is 4.20. The van der Waals surface area contributed by atoms with Crippen molar-refractivity contribution in [2.24, 2.45) is 0 Å². The molecule has 1 amide bonds. The highest BCUT2D eigenvalue weighted by Gasteiger charge is 2.16. The Labute approximate surface area is 153 Å². The first-order valence-corrected chi connectivity index (χ1v) is 8.06. The Bertz CT molecular complexity index is 1040. The van der Waals surface area contributed by atoms with Crippen molar-refractivity contribution < 1.29 is 9.32 Å². The zero-order valence-corrected chi connectivity index (χ0v) is 14.1. The van der Waals surface area contributed by atoms with Gasteiger partial charge >= 0.3 is 0 Å². The van der Waals surface area contributed by atoms with Gasteiger partial charge in [-0.3, -0.25) is 4.79 Å². The third-order valence-corrected chi connectivity index (χ3v) is 3.91. The predicted octanol–water partition coefficient (Wildman–Crippen LogP) is 3.83. The molecular weight excluding hydrogens is 354 g/mol. The zero-order chi connectivity index (χ0) is 17.9. The summed E-state index contributed by atoms with van der Waals surface area (Å²) in [5, 5.41) is 11.2. The molecule has 0 aliphatic carbocycles. The van der Waals surface area contributed by atoms with Crippen molar-refractivity contribution in [1.29, 1.82) is 0 Å². The van der Waals surface area contributed by atoms with Crippen LogP contribution in [0.3, 0.4) is 0 Å². The molecule has 0 saturated heterocycles. The van der Waals surface area contributed by atoms with Gasteiger partial charge in [0.05, 0.1) is 11.4 Å². The highest BCUT2D eigenvalue weighted by atomic mass is 35.5. The molecule has 0 aliphatic rings. The van der Waals surface area contributed by atoms with Crippen LogP contribution in [0.25, 0.3) is 17.0 Å². The lowest BCUT2D eigenvalue weighted by Gasteiger charge is -2.10. The first kappa shape index (κ1) is 16.0. The normalized spacial score (nSPS) is 10.7. The molecule has 2 aromatic carbocycles. The van der Waals surface area contributed by atoms with E-state index in [0.717, 1.165) is 5.56 Å². The Morgan fingerprint density at radius 1 is 1.12 bits per heavy atom. The molecule has 4 aromatic rings. The Morgan fingerprint density at radius 3 is 2.73 bits per heavy atom. The van der Waals surface area contributed by atoms with Crippen LogP contribution in [-0.4, -0.2) is 25.8 Å². The van der Waals surface area contributed by atoms with Crippen molar-refractivity contribution in [3.63, 3.8) is 0 Å². The van der Waals surface area contributed by atoms with Gasteiger partial charge < -0.3 is 9.84 Å². The number of amides is 1. The maximum Gasteiger partial charge on any atom is 0.277 e. The standard InChI is InChI=1S/C18H12ClN5O2/c19-13-6-7-16(24-11-20-10-21-24)14(8-13)22-18(25)15-9-17(26-23-15)12-4-2-1-3-5-12/h1-11H,(H,22,25). The topological polar surface area (TPSA) is 85.8 Å². The van der Waals surface area contributed by atoms with Crippen LogP contribution >= 0.6 is 11.6 Å². The van der Waals surface area contributed by atoms with Crippen LogP contribution in [0, 0.1) is 0 Å². The summed E-state index contributed by atoms with van der Waals surface area (Å²) in [6.45, 7) is 0. The van der Waals surface area contributed by atoms with Crippen molar-refractivity contribution in [3.05, 3.63) is 78.0 Å². The molecule has 26 heavy (non-hydrogen) atoms. The third-order valence-electron chi connectivity index (χ3n) is 3.67. The van der Waals surface area contributed by atoms with E-state index in [0.29, 0.717) is 22.2 Å². The molecule has 128 valence electrons. The second-order valence-electron chi connectivity index (χ2n) is 5.40. The summed E-state index contributed by atoms with van der Waals surface area (Å²) in [6.07, 6.45) is 2.94. The molecule has 1 N–H and O–H groups in total. The quantitative estimate of drug-likeness (QED) is 0.594. The summed E-state index contributed by atoms with van der Waals surface area (Å²) < 4.78 is 6.80. The van der Waals surface area contributed by atoms with E-state index in [2.05, 4.69) is 20.6 Å². The van der Waals surface area contributed by atoms with Crippen LogP contribution < -0.4 is 5.32 Å². The summed E-state index contributed by atoms with van der Waals surface area (Å²) in [7, 11) is 0. The number of anilines is 1. The molecule has 0 atom stereocenters. The van der Waals surface area contributed by atoms with E-state index in [4.69, 9.17) is 16.1 Å². The molecule has 0 saturated carbocycles. The molecule has 2 heterocycles. The molecule has 7 nitrogen and oxygen atoms in total. The largest absolute Gasteiger partial charge is 0.355 e. The number of hydrogen-bond donors (Lipinski definition) is 1. The molecule has 4 rings (SSSR count). The van der Waals surface area contributed by atoms with E-state index < -0.39 is 5.91 Å². The van der Waals surface area contributed by atoms with E-state index in [1.165, 1.54) is 17.3 Å².